The predicted molar refractivity (Wildman–Crippen MR) is 73.7 cm³/mol. The SMILES string of the molecule is O=c1ccoc2cc(OCCN3CCCC3)ccc12. The van der Waals surface area contributed by atoms with Crippen molar-refractivity contribution in [3.05, 3.63) is 40.8 Å². The second-order valence-corrected chi connectivity index (χ2v) is 4.84. The molecular weight excluding hydrogens is 242 g/mol. The molecule has 0 atom stereocenters. The van der Waals surface area contributed by atoms with Crippen molar-refractivity contribution in [1.29, 1.82) is 0 Å². The highest BCUT2D eigenvalue weighted by Gasteiger charge is 2.10. The van der Waals surface area contributed by atoms with Gasteiger partial charge in [0.2, 0.25) is 0 Å². The van der Waals surface area contributed by atoms with Gasteiger partial charge in [-0.2, -0.15) is 0 Å². The summed E-state index contributed by atoms with van der Waals surface area (Å²) >= 11 is 0. The number of likely N-dealkylation sites (tertiary alicyclic amines) is 1. The van der Waals surface area contributed by atoms with Crippen LogP contribution in [-0.4, -0.2) is 31.1 Å². The lowest BCUT2D eigenvalue weighted by atomic mass is 10.2. The summed E-state index contributed by atoms with van der Waals surface area (Å²) in [6.07, 6.45) is 4.00. The highest BCUT2D eigenvalue weighted by Crippen LogP contribution is 2.18. The van der Waals surface area contributed by atoms with Crippen LogP contribution in [0.2, 0.25) is 0 Å². The fraction of sp³-hybridized carbons (Fsp3) is 0.400. The maximum absolute atomic E-state index is 11.6. The molecule has 0 saturated carbocycles. The summed E-state index contributed by atoms with van der Waals surface area (Å²) in [5.41, 5.74) is 0.552. The zero-order valence-corrected chi connectivity index (χ0v) is 10.8. The summed E-state index contributed by atoms with van der Waals surface area (Å²) < 4.78 is 11.0. The highest BCUT2D eigenvalue weighted by molar-refractivity contribution is 5.77. The molecule has 0 spiro atoms. The van der Waals surface area contributed by atoms with Crippen LogP contribution in [0, 0.1) is 0 Å². The maximum atomic E-state index is 11.6. The van der Waals surface area contributed by atoms with Crippen molar-refractivity contribution < 1.29 is 9.15 Å². The minimum absolute atomic E-state index is 0.0233. The van der Waals surface area contributed by atoms with Gasteiger partial charge in [-0.1, -0.05) is 0 Å². The van der Waals surface area contributed by atoms with E-state index in [1.807, 2.05) is 6.07 Å². The van der Waals surface area contributed by atoms with Crippen LogP contribution in [0.15, 0.2) is 39.7 Å². The molecule has 0 unspecified atom stereocenters. The summed E-state index contributed by atoms with van der Waals surface area (Å²) in [6, 6.07) is 6.78. The summed E-state index contributed by atoms with van der Waals surface area (Å²) in [5.74, 6) is 0.751. The lowest BCUT2D eigenvalue weighted by molar-refractivity contribution is 0.238. The number of nitrogens with zero attached hydrogens (tertiary/aromatic N) is 1. The molecule has 1 saturated heterocycles. The maximum Gasteiger partial charge on any atom is 0.192 e. The van der Waals surface area contributed by atoms with E-state index in [9.17, 15) is 4.79 Å². The van der Waals surface area contributed by atoms with Crippen molar-refractivity contribution in [3.63, 3.8) is 0 Å². The first kappa shape index (κ1) is 12.2. The van der Waals surface area contributed by atoms with E-state index in [1.54, 1.807) is 12.1 Å². The van der Waals surface area contributed by atoms with Gasteiger partial charge in [0.15, 0.2) is 5.43 Å². The fourth-order valence-electron chi connectivity index (χ4n) is 2.45. The van der Waals surface area contributed by atoms with Gasteiger partial charge < -0.3 is 9.15 Å². The van der Waals surface area contributed by atoms with Crippen LogP contribution in [0.25, 0.3) is 11.0 Å². The molecule has 2 heterocycles. The van der Waals surface area contributed by atoms with Crippen LogP contribution < -0.4 is 10.2 Å². The Kier molecular flexibility index (Phi) is 3.51. The van der Waals surface area contributed by atoms with Gasteiger partial charge in [0.1, 0.15) is 17.9 Å². The van der Waals surface area contributed by atoms with E-state index >= 15 is 0 Å². The monoisotopic (exact) mass is 259 g/mol. The molecule has 0 N–H and O–H groups in total. The van der Waals surface area contributed by atoms with Gasteiger partial charge in [-0.3, -0.25) is 9.69 Å². The molecule has 2 aromatic rings. The number of fused-ring (bicyclic) bond motifs is 1. The Labute approximate surface area is 111 Å². The molecule has 19 heavy (non-hydrogen) atoms. The van der Waals surface area contributed by atoms with E-state index in [0.29, 0.717) is 17.6 Å². The Morgan fingerprint density at radius 3 is 2.89 bits per heavy atom. The van der Waals surface area contributed by atoms with Crippen LogP contribution >= 0.6 is 0 Å². The largest absolute Gasteiger partial charge is 0.492 e. The third-order valence-corrected chi connectivity index (χ3v) is 3.51. The van der Waals surface area contributed by atoms with Crippen molar-refractivity contribution in [2.24, 2.45) is 0 Å². The molecule has 0 radical (unpaired) electrons. The molecule has 1 fully saturated rings. The van der Waals surface area contributed by atoms with E-state index in [-0.39, 0.29) is 5.43 Å². The number of hydrogen-bond donors (Lipinski definition) is 0. The number of benzene rings is 1. The number of rotatable bonds is 4. The van der Waals surface area contributed by atoms with E-state index in [1.165, 1.54) is 38.3 Å². The van der Waals surface area contributed by atoms with Crippen molar-refractivity contribution >= 4 is 11.0 Å². The van der Waals surface area contributed by atoms with E-state index in [4.69, 9.17) is 9.15 Å². The van der Waals surface area contributed by atoms with E-state index in [2.05, 4.69) is 4.90 Å². The molecule has 100 valence electrons. The standard InChI is InChI=1S/C15H17NO3/c17-14-5-9-19-15-11-12(3-4-13(14)15)18-10-8-16-6-1-2-7-16/h3-5,9,11H,1-2,6-8,10H2. The normalized spacial score (nSPS) is 16.0. The van der Waals surface area contributed by atoms with Gasteiger partial charge in [-0.05, 0) is 38.1 Å². The fourth-order valence-corrected chi connectivity index (χ4v) is 2.45. The predicted octanol–water partition coefficient (Wildman–Crippen LogP) is 2.27. The third kappa shape index (κ3) is 2.79. The molecule has 4 heteroatoms. The van der Waals surface area contributed by atoms with Crippen LogP contribution in [0.5, 0.6) is 5.75 Å². The molecule has 0 amide bonds. The molecule has 1 aliphatic heterocycles. The minimum atomic E-state index is -0.0233. The summed E-state index contributed by atoms with van der Waals surface area (Å²) in [5, 5.41) is 0.592. The Hall–Kier alpha value is -1.81. The van der Waals surface area contributed by atoms with Crippen LogP contribution in [-0.2, 0) is 0 Å². The molecule has 1 aliphatic rings. The van der Waals surface area contributed by atoms with Gasteiger partial charge in [0.05, 0.1) is 11.6 Å². The molecule has 4 nitrogen and oxygen atoms in total. The van der Waals surface area contributed by atoms with Gasteiger partial charge in [0.25, 0.3) is 0 Å². The van der Waals surface area contributed by atoms with Crippen molar-refractivity contribution in [3.8, 4) is 5.75 Å². The lowest BCUT2D eigenvalue weighted by Gasteiger charge is -2.14. The van der Waals surface area contributed by atoms with Gasteiger partial charge in [-0.25, -0.2) is 0 Å². The summed E-state index contributed by atoms with van der Waals surface area (Å²) in [7, 11) is 0. The quantitative estimate of drug-likeness (QED) is 0.844. The first-order chi connectivity index (χ1) is 9.33. The Morgan fingerprint density at radius 1 is 1.21 bits per heavy atom. The van der Waals surface area contributed by atoms with Crippen molar-refractivity contribution in [1.82, 2.24) is 4.90 Å². The zero-order valence-electron chi connectivity index (χ0n) is 10.8. The zero-order chi connectivity index (χ0) is 13.1. The van der Waals surface area contributed by atoms with Gasteiger partial charge in [-0.15, -0.1) is 0 Å². The molecular formula is C15H17NO3. The number of ether oxygens (including phenoxy) is 1. The van der Waals surface area contributed by atoms with Crippen molar-refractivity contribution in [2.75, 3.05) is 26.2 Å². The van der Waals surface area contributed by atoms with Crippen molar-refractivity contribution in [2.45, 2.75) is 12.8 Å². The number of hydrogen-bond acceptors (Lipinski definition) is 4. The molecule has 0 bridgehead atoms. The second kappa shape index (κ2) is 5.45. The summed E-state index contributed by atoms with van der Waals surface area (Å²) in [6.45, 7) is 3.98. The minimum Gasteiger partial charge on any atom is -0.492 e. The topological polar surface area (TPSA) is 42.7 Å². The average molecular weight is 259 g/mol. The lowest BCUT2D eigenvalue weighted by Crippen LogP contribution is -2.25. The van der Waals surface area contributed by atoms with E-state index in [0.717, 1.165) is 12.3 Å². The third-order valence-electron chi connectivity index (χ3n) is 3.51. The Bertz CT molecular complexity index is 614. The smallest absolute Gasteiger partial charge is 0.192 e. The molecule has 1 aromatic heterocycles. The Balaban J connectivity index is 1.66. The first-order valence-electron chi connectivity index (χ1n) is 6.70. The van der Waals surface area contributed by atoms with Gasteiger partial charge >= 0.3 is 0 Å². The molecule has 3 rings (SSSR count). The molecule has 0 aliphatic carbocycles. The average Bonchev–Trinajstić information content (AvgIpc) is 2.92. The van der Waals surface area contributed by atoms with Crippen LogP contribution in [0.4, 0.5) is 0 Å². The van der Waals surface area contributed by atoms with Crippen LogP contribution in [0.1, 0.15) is 12.8 Å². The van der Waals surface area contributed by atoms with Gasteiger partial charge in [0, 0.05) is 18.7 Å². The first-order valence-corrected chi connectivity index (χ1v) is 6.70. The second-order valence-electron chi connectivity index (χ2n) is 4.84. The van der Waals surface area contributed by atoms with Crippen LogP contribution in [0.3, 0.4) is 0 Å². The Morgan fingerprint density at radius 2 is 2.05 bits per heavy atom. The highest BCUT2D eigenvalue weighted by atomic mass is 16.5. The molecule has 1 aromatic carbocycles. The van der Waals surface area contributed by atoms with E-state index < -0.39 is 0 Å². The summed E-state index contributed by atoms with van der Waals surface area (Å²) in [4.78, 5) is 14.0.